The standard InChI is InChI=1S/C21H26N4O3/c22-23-15-17-12-10-16(11-13-17)6-4-5-9-20(26)24-19(14-21(27)25-28)18-7-2-1-3-8-18/h1-3,7-8,10-13,15,19,28H,4-6,9,14,22H2,(H,24,26)(H,25,27). The van der Waals surface area contributed by atoms with Crippen LogP contribution in [0.3, 0.4) is 0 Å². The van der Waals surface area contributed by atoms with Gasteiger partial charge in [-0.3, -0.25) is 14.8 Å². The predicted molar refractivity (Wildman–Crippen MR) is 108 cm³/mol. The van der Waals surface area contributed by atoms with Crippen LogP contribution in [0, 0.1) is 0 Å². The zero-order valence-corrected chi connectivity index (χ0v) is 15.7. The molecule has 0 saturated heterocycles. The number of unbranched alkanes of at least 4 members (excludes halogenated alkanes) is 1. The maximum atomic E-state index is 12.3. The number of hydrogen-bond donors (Lipinski definition) is 4. The number of rotatable bonds is 10. The highest BCUT2D eigenvalue weighted by Crippen LogP contribution is 2.17. The molecule has 1 atom stereocenters. The van der Waals surface area contributed by atoms with Crippen LogP contribution in [-0.2, 0) is 16.0 Å². The monoisotopic (exact) mass is 382 g/mol. The Morgan fingerprint density at radius 1 is 1.04 bits per heavy atom. The van der Waals surface area contributed by atoms with Gasteiger partial charge in [-0.05, 0) is 36.0 Å². The van der Waals surface area contributed by atoms with Gasteiger partial charge in [-0.15, -0.1) is 0 Å². The Balaban J connectivity index is 1.79. The third kappa shape index (κ3) is 7.20. The third-order valence-electron chi connectivity index (χ3n) is 4.37. The van der Waals surface area contributed by atoms with Gasteiger partial charge in [0.25, 0.3) is 0 Å². The average molecular weight is 382 g/mol. The summed E-state index contributed by atoms with van der Waals surface area (Å²) >= 11 is 0. The zero-order valence-electron chi connectivity index (χ0n) is 15.7. The molecule has 0 aliphatic rings. The van der Waals surface area contributed by atoms with Crippen LogP contribution >= 0.6 is 0 Å². The van der Waals surface area contributed by atoms with E-state index in [1.165, 1.54) is 5.56 Å². The van der Waals surface area contributed by atoms with Crippen LogP contribution in [0.5, 0.6) is 0 Å². The van der Waals surface area contributed by atoms with E-state index >= 15 is 0 Å². The van der Waals surface area contributed by atoms with Crippen molar-refractivity contribution in [1.82, 2.24) is 10.8 Å². The lowest BCUT2D eigenvalue weighted by molar-refractivity contribution is -0.130. The summed E-state index contributed by atoms with van der Waals surface area (Å²) in [5.41, 5.74) is 4.58. The Bertz CT molecular complexity index is 776. The zero-order chi connectivity index (χ0) is 20.2. The van der Waals surface area contributed by atoms with Gasteiger partial charge in [-0.2, -0.15) is 5.10 Å². The van der Waals surface area contributed by atoms with Crippen LogP contribution in [0.2, 0.25) is 0 Å². The summed E-state index contributed by atoms with van der Waals surface area (Å²) in [6.45, 7) is 0. The van der Waals surface area contributed by atoms with Crippen LogP contribution in [0.25, 0.3) is 0 Å². The fraction of sp³-hybridized carbons (Fsp3) is 0.286. The largest absolute Gasteiger partial charge is 0.349 e. The van der Waals surface area contributed by atoms with E-state index in [9.17, 15) is 9.59 Å². The number of amides is 2. The highest BCUT2D eigenvalue weighted by Gasteiger charge is 2.17. The Labute approximate surface area is 164 Å². The van der Waals surface area contributed by atoms with Gasteiger partial charge >= 0.3 is 0 Å². The van der Waals surface area contributed by atoms with Gasteiger partial charge in [0.1, 0.15) is 0 Å². The molecule has 0 aliphatic carbocycles. The van der Waals surface area contributed by atoms with Crippen molar-refractivity contribution in [2.24, 2.45) is 10.9 Å². The van der Waals surface area contributed by atoms with Gasteiger partial charge in [0, 0.05) is 6.42 Å². The first-order valence-corrected chi connectivity index (χ1v) is 9.22. The van der Waals surface area contributed by atoms with E-state index in [0.717, 1.165) is 30.4 Å². The van der Waals surface area contributed by atoms with Crippen LogP contribution in [-0.4, -0.2) is 23.2 Å². The van der Waals surface area contributed by atoms with Crippen molar-refractivity contribution in [3.05, 3.63) is 71.3 Å². The SMILES string of the molecule is NN=Cc1ccc(CCCCC(=O)NC(CC(=O)NO)c2ccccc2)cc1. The molecule has 28 heavy (non-hydrogen) atoms. The van der Waals surface area contributed by atoms with Crippen molar-refractivity contribution in [3.63, 3.8) is 0 Å². The molecule has 1 unspecified atom stereocenters. The van der Waals surface area contributed by atoms with Crippen LogP contribution in [0.1, 0.15) is 48.4 Å². The molecule has 0 fully saturated rings. The van der Waals surface area contributed by atoms with E-state index in [1.807, 2.05) is 54.6 Å². The van der Waals surface area contributed by atoms with E-state index < -0.39 is 11.9 Å². The molecule has 2 amide bonds. The van der Waals surface area contributed by atoms with Crippen molar-refractivity contribution < 1.29 is 14.8 Å². The highest BCUT2D eigenvalue weighted by molar-refractivity contribution is 5.80. The maximum Gasteiger partial charge on any atom is 0.245 e. The number of nitrogens with two attached hydrogens (primary N) is 1. The fourth-order valence-electron chi connectivity index (χ4n) is 2.91. The summed E-state index contributed by atoms with van der Waals surface area (Å²) in [6, 6.07) is 16.7. The average Bonchev–Trinajstić information content (AvgIpc) is 2.72. The quantitative estimate of drug-likeness (QED) is 0.166. The number of aryl methyl sites for hydroxylation is 1. The first kappa shape index (κ1) is 21.1. The van der Waals surface area contributed by atoms with Crippen molar-refractivity contribution in [1.29, 1.82) is 0 Å². The summed E-state index contributed by atoms with van der Waals surface area (Å²) < 4.78 is 0. The van der Waals surface area contributed by atoms with Crippen molar-refractivity contribution in [2.45, 2.75) is 38.1 Å². The molecule has 7 nitrogen and oxygen atoms in total. The second kappa shape index (κ2) is 11.5. The minimum Gasteiger partial charge on any atom is -0.349 e. The molecule has 2 rings (SSSR count). The number of benzene rings is 2. The summed E-state index contributed by atoms with van der Waals surface area (Å²) in [5.74, 6) is 4.47. The Morgan fingerprint density at radius 3 is 2.39 bits per heavy atom. The number of nitrogens with one attached hydrogen (secondary N) is 2. The van der Waals surface area contributed by atoms with Gasteiger partial charge < -0.3 is 11.2 Å². The van der Waals surface area contributed by atoms with E-state index in [4.69, 9.17) is 11.0 Å². The minimum absolute atomic E-state index is 0.0231. The number of carbonyl (C=O) groups is 2. The topological polar surface area (TPSA) is 117 Å². The van der Waals surface area contributed by atoms with E-state index in [1.54, 1.807) is 11.7 Å². The van der Waals surface area contributed by atoms with Crippen molar-refractivity contribution >= 4 is 18.0 Å². The lowest BCUT2D eigenvalue weighted by Gasteiger charge is -2.18. The van der Waals surface area contributed by atoms with Gasteiger partial charge in [-0.25, -0.2) is 5.48 Å². The minimum atomic E-state index is -0.544. The molecule has 0 saturated carbocycles. The van der Waals surface area contributed by atoms with Crippen LogP contribution in [0.15, 0.2) is 59.7 Å². The highest BCUT2D eigenvalue weighted by atomic mass is 16.5. The Hall–Kier alpha value is -3.19. The molecule has 0 radical (unpaired) electrons. The maximum absolute atomic E-state index is 12.3. The number of carbonyl (C=O) groups excluding carboxylic acids is 2. The molecular weight excluding hydrogens is 356 g/mol. The van der Waals surface area contributed by atoms with E-state index in [-0.39, 0.29) is 12.3 Å². The molecular formula is C21H26N4O3. The number of hydrazone groups is 1. The third-order valence-corrected chi connectivity index (χ3v) is 4.37. The number of nitrogens with zero attached hydrogens (tertiary/aromatic N) is 1. The molecule has 0 bridgehead atoms. The van der Waals surface area contributed by atoms with Crippen molar-refractivity contribution in [2.75, 3.05) is 0 Å². The van der Waals surface area contributed by atoms with E-state index in [0.29, 0.717) is 6.42 Å². The molecule has 5 N–H and O–H groups in total. The fourth-order valence-corrected chi connectivity index (χ4v) is 2.91. The Kier molecular flexibility index (Phi) is 8.68. The second-order valence-electron chi connectivity index (χ2n) is 6.50. The molecule has 0 heterocycles. The summed E-state index contributed by atoms with van der Waals surface area (Å²) in [6.07, 6.45) is 4.44. The molecule has 0 aromatic heterocycles. The van der Waals surface area contributed by atoms with Gasteiger partial charge in [-0.1, -0.05) is 54.6 Å². The molecule has 2 aromatic rings. The lowest BCUT2D eigenvalue weighted by atomic mass is 10.0. The molecule has 2 aromatic carbocycles. The number of hydrogen-bond acceptors (Lipinski definition) is 5. The van der Waals surface area contributed by atoms with Gasteiger partial charge in [0.05, 0.1) is 18.7 Å². The second-order valence-corrected chi connectivity index (χ2v) is 6.50. The first-order valence-electron chi connectivity index (χ1n) is 9.22. The molecule has 7 heteroatoms. The van der Waals surface area contributed by atoms with Crippen molar-refractivity contribution in [3.8, 4) is 0 Å². The Morgan fingerprint density at radius 2 is 1.75 bits per heavy atom. The lowest BCUT2D eigenvalue weighted by Crippen LogP contribution is -2.32. The van der Waals surface area contributed by atoms with Crippen LogP contribution < -0.4 is 16.6 Å². The summed E-state index contributed by atoms with van der Waals surface area (Å²) in [4.78, 5) is 23.8. The molecule has 148 valence electrons. The summed E-state index contributed by atoms with van der Waals surface area (Å²) in [5, 5.41) is 15.1. The number of hydroxylamine groups is 1. The van der Waals surface area contributed by atoms with E-state index in [2.05, 4.69) is 10.4 Å². The predicted octanol–water partition coefficient (Wildman–Crippen LogP) is 2.45. The summed E-state index contributed by atoms with van der Waals surface area (Å²) in [7, 11) is 0. The van der Waals surface area contributed by atoms with Gasteiger partial charge in [0.2, 0.25) is 11.8 Å². The smallest absolute Gasteiger partial charge is 0.245 e. The van der Waals surface area contributed by atoms with Crippen LogP contribution in [0.4, 0.5) is 0 Å². The van der Waals surface area contributed by atoms with Gasteiger partial charge in [0.15, 0.2) is 0 Å². The first-order chi connectivity index (χ1) is 13.6. The normalized spacial score (nSPS) is 11.9. The molecule has 0 spiro atoms. The molecule has 0 aliphatic heterocycles.